The number of benzene rings is 1. The van der Waals surface area contributed by atoms with Gasteiger partial charge in [-0.3, -0.25) is 14.3 Å². The molecule has 0 aliphatic heterocycles. The standard InChI is InChI=1S/C19H20ClFN4O3/c1-25-5-4-15(24-25)17(23-18(27)19-7-11(8-19)9-19)22-16(26)10-28-12-2-3-13(20)14(21)6-12/h2-6,11,17H,7-10H2,1H3,(H,22,26)(H,23,27). The highest BCUT2D eigenvalue weighted by Gasteiger charge is 2.61. The van der Waals surface area contributed by atoms with Crippen molar-refractivity contribution in [3.8, 4) is 5.75 Å². The number of halogens is 2. The molecule has 0 spiro atoms. The van der Waals surface area contributed by atoms with Gasteiger partial charge in [-0.1, -0.05) is 11.6 Å². The molecule has 3 aliphatic rings. The summed E-state index contributed by atoms with van der Waals surface area (Å²) in [6, 6.07) is 5.66. The Kier molecular flexibility index (Phi) is 4.74. The molecule has 9 heteroatoms. The van der Waals surface area contributed by atoms with E-state index in [1.807, 2.05) is 0 Å². The number of aryl methyl sites for hydroxylation is 1. The fourth-order valence-corrected chi connectivity index (χ4v) is 3.85. The number of hydrogen-bond donors (Lipinski definition) is 2. The number of hydrogen-bond acceptors (Lipinski definition) is 4. The number of amides is 2. The Bertz CT molecular complexity index is 915. The third-order valence-corrected chi connectivity index (χ3v) is 5.70. The number of carbonyl (C=O) groups is 2. The zero-order valence-corrected chi connectivity index (χ0v) is 16.0. The van der Waals surface area contributed by atoms with Crippen LogP contribution in [0.5, 0.6) is 5.75 Å². The minimum Gasteiger partial charge on any atom is -0.484 e. The maximum absolute atomic E-state index is 13.5. The lowest BCUT2D eigenvalue weighted by Crippen LogP contribution is -2.61. The third-order valence-electron chi connectivity index (χ3n) is 5.39. The van der Waals surface area contributed by atoms with Crippen LogP contribution in [0.15, 0.2) is 30.5 Å². The fourth-order valence-electron chi connectivity index (χ4n) is 3.73. The van der Waals surface area contributed by atoms with Crippen LogP contribution in [0, 0.1) is 17.2 Å². The van der Waals surface area contributed by atoms with Crippen molar-refractivity contribution in [2.45, 2.75) is 25.4 Å². The molecule has 1 aromatic carbocycles. The van der Waals surface area contributed by atoms with E-state index in [-0.39, 0.29) is 28.7 Å². The second kappa shape index (κ2) is 7.09. The maximum Gasteiger partial charge on any atom is 0.259 e. The summed E-state index contributed by atoms with van der Waals surface area (Å²) in [6.45, 7) is -0.340. The minimum absolute atomic E-state index is 0.0247. The molecular formula is C19H20ClFN4O3. The summed E-state index contributed by atoms with van der Waals surface area (Å²) in [6.07, 6.45) is 3.70. The molecule has 0 radical (unpaired) electrons. The highest BCUT2D eigenvalue weighted by Crippen LogP contribution is 2.64. The molecule has 2 aromatic rings. The first-order valence-electron chi connectivity index (χ1n) is 9.02. The van der Waals surface area contributed by atoms with Crippen molar-refractivity contribution < 1.29 is 18.7 Å². The van der Waals surface area contributed by atoms with E-state index in [1.165, 1.54) is 12.1 Å². The quantitative estimate of drug-likeness (QED) is 0.691. The minimum atomic E-state index is -0.763. The van der Waals surface area contributed by atoms with E-state index in [2.05, 4.69) is 15.7 Å². The molecule has 148 valence electrons. The molecule has 3 fully saturated rings. The number of rotatable bonds is 7. The summed E-state index contributed by atoms with van der Waals surface area (Å²) < 4.78 is 20.4. The van der Waals surface area contributed by atoms with Gasteiger partial charge < -0.3 is 15.4 Å². The van der Waals surface area contributed by atoms with Crippen molar-refractivity contribution in [1.82, 2.24) is 20.4 Å². The predicted molar refractivity (Wildman–Crippen MR) is 98.9 cm³/mol. The number of ether oxygens (including phenoxy) is 1. The Balaban J connectivity index is 1.38. The first-order chi connectivity index (χ1) is 13.3. The summed E-state index contributed by atoms with van der Waals surface area (Å²) in [5.41, 5.74) is 0.244. The van der Waals surface area contributed by atoms with E-state index in [1.54, 1.807) is 24.0 Å². The molecule has 2 N–H and O–H groups in total. The van der Waals surface area contributed by atoms with E-state index in [4.69, 9.17) is 16.3 Å². The van der Waals surface area contributed by atoms with Gasteiger partial charge in [-0.2, -0.15) is 5.10 Å². The lowest BCUT2D eigenvalue weighted by atomic mass is 9.44. The van der Waals surface area contributed by atoms with Gasteiger partial charge in [0, 0.05) is 19.3 Å². The van der Waals surface area contributed by atoms with E-state index in [9.17, 15) is 14.0 Å². The third kappa shape index (κ3) is 3.56. The highest BCUT2D eigenvalue weighted by molar-refractivity contribution is 6.30. The van der Waals surface area contributed by atoms with E-state index in [0.29, 0.717) is 11.6 Å². The van der Waals surface area contributed by atoms with Gasteiger partial charge in [0.1, 0.15) is 23.4 Å². The summed E-state index contributed by atoms with van der Waals surface area (Å²) in [5.74, 6) is -0.307. The van der Waals surface area contributed by atoms with Crippen molar-refractivity contribution >= 4 is 23.4 Å². The Morgan fingerprint density at radius 1 is 1.36 bits per heavy atom. The van der Waals surface area contributed by atoms with Crippen molar-refractivity contribution in [1.29, 1.82) is 0 Å². The van der Waals surface area contributed by atoms with Gasteiger partial charge in [0.15, 0.2) is 6.61 Å². The number of nitrogens with zero attached hydrogens (tertiary/aromatic N) is 2. The SMILES string of the molecule is Cn1ccc(C(NC(=O)COc2ccc(Cl)c(F)c2)NC(=O)C23CC(C2)C3)n1. The topological polar surface area (TPSA) is 85.3 Å². The zero-order chi connectivity index (χ0) is 19.9. The van der Waals surface area contributed by atoms with Crippen molar-refractivity contribution in [3.05, 3.63) is 47.0 Å². The van der Waals surface area contributed by atoms with Gasteiger partial charge in [-0.15, -0.1) is 0 Å². The van der Waals surface area contributed by atoms with Gasteiger partial charge in [-0.05, 0) is 43.4 Å². The molecule has 0 saturated heterocycles. The molecular weight excluding hydrogens is 387 g/mol. The normalized spacial score (nSPS) is 23.2. The first-order valence-corrected chi connectivity index (χ1v) is 9.40. The molecule has 5 rings (SSSR count). The van der Waals surface area contributed by atoms with Crippen LogP contribution >= 0.6 is 11.6 Å². The predicted octanol–water partition coefficient (Wildman–Crippen LogP) is 2.32. The molecule has 3 saturated carbocycles. The van der Waals surface area contributed by atoms with Gasteiger partial charge >= 0.3 is 0 Å². The zero-order valence-electron chi connectivity index (χ0n) is 15.2. The van der Waals surface area contributed by atoms with Crippen molar-refractivity contribution in [3.63, 3.8) is 0 Å². The summed E-state index contributed by atoms with van der Waals surface area (Å²) >= 11 is 5.63. The van der Waals surface area contributed by atoms with Crippen LogP contribution in [-0.2, 0) is 16.6 Å². The molecule has 1 unspecified atom stereocenters. The Morgan fingerprint density at radius 2 is 2.11 bits per heavy atom. The molecule has 3 aliphatic carbocycles. The Hall–Kier alpha value is -2.61. The number of aromatic nitrogens is 2. The molecule has 1 atom stereocenters. The first kappa shape index (κ1) is 18.7. The van der Waals surface area contributed by atoms with E-state index >= 15 is 0 Å². The van der Waals surface area contributed by atoms with Crippen LogP contribution in [0.4, 0.5) is 4.39 Å². The Labute approximate surface area is 166 Å². The Morgan fingerprint density at radius 3 is 2.68 bits per heavy atom. The van der Waals surface area contributed by atoms with Gasteiger partial charge in [0.2, 0.25) is 5.91 Å². The van der Waals surface area contributed by atoms with Crippen LogP contribution in [0.2, 0.25) is 5.02 Å². The van der Waals surface area contributed by atoms with Crippen LogP contribution < -0.4 is 15.4 Å². The molecule has 2 bridgehead atoms. The molecule has 28 heavy (non-hydrogen) atoms. The van der Waals surface area contributed by atoms with Crippen LogP contribution in [0.3, 0.4) is 0 Å². The fraction of sp³-hybridized carbons (Fsp3) is 0.421. The molecule has 2 amide bonds. The monoisotopic (exact) mass is 406 g/mol. The average Bonchev–Trinajstić information content (AvgIpc) is 2.99. The largest absolute Gasteiger partial charge is 0.484 e. The maximum atomic E-state index is 13.5. The lowest BCUT2D eigenvalue weighted by molar-refractivity contribution is -0.166. The van der Waals surface area contributed by atoms with E-state index < -0.39 is 17.9 Å². The van der Waals surface area contributed by atoms with Crippen molar-refractivity contribution in [2.75, 3.05) is 6.61 Å². The van der Waals surface area contributed by atoms with Crippen LogP contribution in [-0.4, -0.2) is 28.2 Å². The van der Waals surface area contributed by atoms with Crippen LogP contribution in [0.25, 0.3) is 0 Å². The summed E-state index contributed by atoms with van der Waals surface area (Å²) in [5, 5.41) is 9.87. The summed E-state index contributed by atoms with van der Waals surface area (Å²) in [7, 11) is 1.75. The van der Waals surface area contributed by atoms with E-state index in [0.717, 1.165) is 25.3 Å². The van der Waals surface area contributed by atoms with Crippen molar-refractivity contribution in [2.24, 2.45) is 18.4 Å². The number of carbonyl (C=O) groups excluding carboxylic acids is 2. The highest BCUT2D eigenvalue weighted by atomic mass is 35.5. The summed E-state index contributed by atoms with van der Waals surface area (Å²) in [4.78, 5) is 25.0. The van der Waals surface area contributed by atoms with Gasteiger partial charge in [0.05, 0.1) is 10.4 Å². The molecule has 1 aromatic heterocycles. The molecule has 1 heterocycles. The molecule has 7 nitrogen and oxygen atoms in total. The van der Waals surface area contributed by atoms with Gasteiger partial charge in [-0.25, -0.2) is 4.39 Å². The lowest BCUT2D eigenvalue weighted by Gasteiger charge is -2.60. The second-order valence-corrected chi connectivity index (χ2v) is 7.92. The smallest absolute Gasteiger partial charge is 0.259 e. The number of nitrogens with one attached hydrogen (secondary N) is 2. The second-order valence-electron chi connectivity index (χ2n) is 7.51. The average molecular weight is 407 g/mol. The van der Waals surface area contributed by atoms with Gasteiger partial charge in [0.25, 0.3) is 5.91 Å². The van der Waals surface area contributed by atoms with Crippen LogP contribution in [0.1, 0.15) is 31.1 Å².